The van der Waals surface area contributed by atoms with Crippen molar-refractivity contribution in [3.8, 4) is 5.75 Å². The van der Waals surface area contributed by atoms with Gasteiger partial charge in [-0.1, -0.05) is 23.7 Å². The maximum absolute atomic E-state index is 12.4. The fourth-order valence-corrected chi connectivity index (χ4v) is 3.09. The zero-order valence-corrected chi connectivity index (χ0v) is 16.3. The number of carbonyl (C=O) groups is 3. The van der Waals surface area contributed by atoms with Gasteiger partial charge in [0.2, 0.25) is 0 Å². The number of fused-ring (bicyclic) bond motifs is 1. The maximum Gasteiger partial charge on any atom is 0.313 e. The Morgan fingerprint density at radius 1 is 1.21 bits per heavy atom. The van der Waals surface area contributed by atoms with Gasteiger partial charge in [-0.3, -0.25) is 14.4 Å². The van der Waals surface area contributed by atoms with Crippen LogP contribution in [0.5, 0.6) is 5.75 Å². The Morgan fingerprint density at radius 3 is 2.75 bits per heavy atom. The van der Waals surface area contributed by atoms with E-state index in [1.54, 1.807) is 42.5 Å². The number of ketones is 1. The summed E-state index contributed by atoms with van der Waals surface area (Å²) in [4.78, 5) is 36.2. The predicted octanol–water partition coefficient (Wildman–Crippen LogP) is 3.66. The smallest absolute Gasteiger partial charge is 0.313 e. The van der Waals surface area contributed by atoms with Crippen molar-refractivity contribution in [2.75, 3.05) is 11.9 Å². The van der Waals surface area contributed by atoms with Gasteiger partial charge in [0.15, 0.2) is 11.9 Å². The number of carbonyl (C=O) groups excluding carboxylic acids is 3. The van der Waals surface area contributed by atoms with Crippen LogP contribution in [0.2, 0.25) is 5.02 Å². The van der Waals surface area contributed by atoms with E-state index in [-0.39, 0.29) is 12.4 Å². The van der Waals surface area contributed by atoms with Crippen LogP contribution in [0, 0.1) is 5.92 Å². The molecular weight excluding hydrogens is 382 g/mol. The van der Waals surface area contributed by atoms with E-state index in [4.69, 9.17) is 21.1 Å². The van der Waals surface area contributed by atoms with Crippen LogP contribution in [0.25, 0.3) is 0 Å². The molecule has 1 aliphatic heterocycles. The SMILES string of the molecule is CC(=O)c1cccc(NC(=O)[C@H](C)OC(=O)[C@@H]2COc3ccc(Cl)cc3C2)c1. The number of anilines is 1. The van der Waals surface area contributed by atoms with Gasteiger partial charge in [0, 0.05) is 16.3 Å². The Bertz CT molecular complexity index is 927. The molecule has 0 unspecified atom stereocenters. The number of hydrogen-bond acceptors (Lipinski definition) is 5. The third-order valence-electron chi connectivity index (χ3n) is 4.46. The number of hydrogen-bond donors (Lipinski definition) is 1. The number of benzene rings is 2. The van der Waals surface area contributed by atoms with E-state index in [1.807, 2.05) is 0 Å². The molecule has 2 aromatic carbocycles. The van der Waals surface area contributed by atoms with Gasteiger partial charge in [0.05, 0.1) is 5.92 Å². The first kappa shape index (κ1) is 19.9. The van der Waals surface area contributed by atoms with Gasteiger partial charge in [0.1, 0.15) is 12.4 Å². The van der Waals surface area contributed by atoms with Crippen LogP contribution in [-0.2, 0) is 20.7 Å². The molecule has 0 aliphatic carbocycles. The molecule has 7 heteroatoms. The molecule has 2 atom stereocenters. The number of esters is 1. The lowest BCUT2D eigenvalue weighted by Crippen LogP contribution is -2.36. The van der Waals surface area contributed by atoms with Crippen LogP contribution in [0.4, 0.5) is 5.69 Å². The lowest BCUT2D eigenvalue weighted by atomic mass is 9.97. The number of Topliss-reactive ketones (excluding diaryl/α,β-unsaturated/α-hetero) is 1. The normalized spacial score (nSPS) is 16.3. The molecule has 2 aromatic rings. The van der Waals surface area contributed by atoms with Crippen LogP contribution in [0.3, 0.4) is 0 Å². The highest BCUT2D eigenvalue weighted by Crippen LogP contribution is 2.30. The third-order valence-corrected chi connectivity index (χ3v) is 4.70. The second-order valence-corrected chi connectivity index (χ2v) is 7.11. The van der Waals surface area contributed by atoms with Crippen molar-refractivity contribution in [1.29, 1.82) is 0 Å². The van der Waals surface area contributed by atoms with E-state index < -0.39 is 23.9 Å². The molecule has 0 saturated heterocycles. The Hall–Kier alpha value is -2.86. The second kappa shape index (κ2) is 8.44. The van der Waals surface area contributed by atoms with Gasteiger partial charge < -0.3 is 14.8 Å². The summed E-state index contributed by atoms with van der Waals surface area (Å²) in [5.41, 5.74) is 1.78. The van der Waals surface area contributed by atoms with Crippen molar-refractivity contribution in [3.05, 3.63) is 58.6 Å². The predicted molar refractivity (Wildman–Crippen MR) is 105 cm³/mol. The van der Waals surface area contributed by atoms with E-state index in [1.165, 1.54) is 13.8 Å². The zero-order chi connectivity index (χ0) is 20.3. The number of amides is 1. The Balaban J connectivity index is 1.59. The monoisotopic (exact) mass is 401 g/mol. The van der Waals surface area contributed by atoms with Gasteiger partial charge >= 0.3 is 5.97 Å². The zero-order valence-electron chi connectivity index (χ0n) is 15.5. The summed E-state index contributed by atoms with van der Waals surface area (Å²) in [7, 11) is 0. The van der Waals surface area contributed by atoms with E-state index >= 15 is 0 Å². The Kier molecular flexibility index (Phi) is 5.99. The number of rotatable bonds is 5. The summed E-state index contributed by atoms with van der Waals surface area (Å²) in [6, 6.07) is 11.8. The molecule has 146 valence electrons. The molecule has 6 nitrogen and oxygen atoms in total. The summed E-state index contributed by atoms with van der Waals surface area (Å²) < 4.78 is 10.9. The first-order chi connectivity index (χ1) is 13.3. The molecule has 0 saturated carbocycles. The topological polar surface area (TPSA) is 81.7 Å². The lowest BCUT2D eigenvalue weighted by Gasteiger charge is -2.25. The quantitative estimate of drug-likeness (QED) is 0.610. The van der Waals surface area contributed by atoms with E-state index in [9.17, 15) is 14.4 Å². The summed E-state index contributed by atoms with van der Waals surface area (Å²) >= 11 is 5.99. The molecule has 0 radical (unpaired) electrons. The maximum atomic E-state index is 12.4. The van der Waals surface area contributed by atoms with Crippen LogP contribution >= 0.6 is 11.6 Å². The standard InChI is InChI=1S/C21H20ClNO5/c1-12(24)14-4-3-5-18(10-14)23-20(25)13(2)28-21(26)16-8-15-9-17(22)6-7-19(15)27-11-16/h3-7,9-10,13,16H,8,11H2,1-2H3,(H,23,25)/t13-,16-/m0/s1. The van der Waals surface area contributed by atoms with Crippen LogP contribution in [0.1, 0.15) is 29.8 Å². The van der Waals surface area contributed by atoms with Gasteiger partial charge in [-0.25, -0.2) is 0 Å². The minimum Gasteiger partial charge on any atom is -0.492 e. The Morgan fingerprint density at radius 2 is 2.00 bits per heavy atom. The summed E-state index contributed by atoms with van der Waals surface area (Å²) in [6.07, 6.45) is -0.557. The highest BCUT2D eigenvalue weighted by atomic mass is 35.5. The van der Waals surface area contributed by atoms with Crippen molar-refractivity contribution in [3.63, 3.8) is 0 Å². The molecule has 3 rings (SSSR count). The molecule has 28 heavy (non-hydrogen) atoms. The van der Waals surface area contributed by atoms with Crippen LogP contribution in [0.15, 0.2) is 42.5 Å². The van der Waals surface area contributed by atoms with Crippen molar-refractivity contribution in [2.45, 2.75) is 26.4 Å². The lowest BCUT2D eigenvalue weighted by molar-refractivity contribution is -0.158. The van der Waals surface area contributed by atoms with Gasteiger partial charge in [-0.2, -0.15) is 0 Å². The molecule has 0 bridgehead atoms. The highest BCUT2D eigenvalue weighted by Gasteiger charge is 2.30. The fourth-order valence-electron chi connectivity index (χ4n) is 2.90. The first-order valence-corrected chi connectivity index (χ1v) is 9.25. The van der Waals surface area contributed by atoms with Gasteiger partial charge in [-0.15, -0.1) is 0 Å². The molecular formula is C21H20ClNO5. The number of ether oxygens (including phenoxy) is 2. The molecule has 0 spiro atoms. The molecule has 1 amide bonds. The molecule has 0 fully saturated rings. The first-order valence-electron chi connectivity index (χ1n) is 8.87. The van der Waals surface area contributed by atoms with E-state index in [0.29, 0.717) is 28.4 Å². The third kappa shape index (κ3) is 4.70. The van der Waals surface area contributed by atoms with E-state index in [0.717, 1.165) is 5.56 Å². The van der Waals surface area contributed by atoms with Crippen LogP contribution < -0.4 is 10.1 Å². The molecule has 0 aromatic heterocycles. The van der Waals surface area contributed by atoms with Crippen molar-refractivity contribution < 1.29 is 23.9 Å². The van der Waals surface area contributed by atoms with E-state index in [2.05, 4.69) is 5.32 Å². The van der Waals surface area contributed by atoms with Crippen molar-refractivity contribution >= 4 is 34.9 Å². The number of nitrogens with one attached hydrogen (secondary N) is 1. The molecule has 1 N–H and O–H groups in total. The van der Waals surface area contributed by atoms with Gasteiger partial charge in [-0.05, 0) is 56.2 Å². The highest BCUT2D eigenvalue weighted by molar-refractivity contribution is 6.30. The van der Waals surface area contributed by atoms with Crippen molar-refractivity contribution in [2.24, 2.45) is 5.92 Å². The second-order valence-electron chi connectivity index (χ2n) is 6.67. The summed E-state index contributed by atoms with van der Waals surface area (Å²) in [5.74, 6) is -0.903. The minimum absolute atomic E-state index is 0.103. The molecule has 1 aliphatic rings. The fraction of sp³-hybridized carbons (Fsp3) is 0.286. The Labute approximate surface area is 167 Å². The molecule has 1 heterocycles. The average molecular weight is 402 g/mol. The average Bonchev–Trinajstić information content (AvgIpc) is 2.67. The largest absolute Gasteiger partial charge is 0.492 e. The number of halogens is 1. The van der Waals surface area contributed by atoms with Gasteiger partial charge in [0.25, 0.3) is 5.91 Å². The minimum atomic E-state index is -0.991. The summed E-state index contributed by atoms with van der Waals surface area (Å²) in [5, 5.41) is 3.22. The van der Waals surface area contributed by atoms with Crippen LogP contribution in [-0.4, -0.2) is 30.4 Å². The van der Waals surface area contributed by atoms with Crippen molar-refractivity contribution in [1.82, 2.24) is 0 Å². The summed E-state index contributed by atoms with van der Waals surface area (Å²) in [6.45, 7) is 3.13.